The number of likely N-dealkylation sites (N-methyl/N-ethyl adjacent to an activating group) is 1. The standard InChI is InChI=1S/C15H19FN4O.ClH/c1-17-14(12-9-19-20(2)10-12)15(21)18-7-6-11-4-3-5-13(16)8-11;/h3-5,8-10,14,17H,6-7H2,1-2H3,(H,18,21);1H. The average Bonchev–Trinajstić information content (AvgIpc) is 2.86. The number of nitrogens with one attached hydrogen (secondary N) is 2. The highest BCUT2D eigenvalue weighted by Gasteiger charge is 2.19. The van der Waals surface area contributed by atoms with Gasteiger partial charge in [0.05, 0.1) is 6.20 Å². The van der Waals surface area contributed by atoms with Crippen molar-refractivity contribution in [1.82, 2.24) is 20.4 Å². The van der Waals surface area contributed by atoms with Crippen molar-refractivity contribution in [3.8, 4) is 0 Å². The Balaban J connectivity index is 0.00000242. The number of nitrogens with zero attached hydrogens (tertiary/aromatic N) is 2. The van der Waals surface area contributed by atoms with Gasteiger partial charge < -0.3 is 10.6 Å². The van der Waals surface area contributed by atoms with E-state index in [9.17, 15) is 9.18 Å². The highest BCUT2D eigenvalue weighted by molar-refractivity contribution is 5.85. The second kappa shape index (κ2) is 8.51. The first-order chi connectivity index (χ1) is 10.1. The second-order valence-corrected chi connectivity index (χ2v) is 4.84. The molecule has 0 radical (unpaired) electrons. The molecule has 2 aromatic rings. The number of rotatable bonds is 6. The third-order valence-electron chi connectivity index (χ3n) is 3.21. The molecule has 0 fully saturated rings. The summed E-state index contributed by atoms with van der Waals surface area (Å²) in [5.41, 5.74) is 1.67. The lowest BCUT2D eigenvalue weighted by Gasteiger charge is -2.14. The second-order valence-electron chi connectivity index (χ2n) is 4.84. The summed E-state index contributed by atoms with van der Waals surface area (Å²) in [5, 5.41) is 9.87. The maximum Gasteiger partial charge on any atom is 0.241 e. The quantitative estimate of drug-likeness (QED) is 0.847. The van der Waals surface area contributed by atoms with E-state index < -0.39 is 6.04 Å². The average molecular weight is 327 g/mol. The van der Waals surface area contributed by atoms with E-state index in [4.69, 9.17) is 0 Å². The lowest BCUT2D eigenvalue weighted by atomic mass is 10.1. The van der Waals surface area contributed by atoms with Crippen LogP contribution in [-0.4, -0.2) is 29.3 Å². The van der Waals surface area contributed by atoms with Crippen molar-refractivity contribution < 1.29 is 9.18 Å². The molecule has 1 amide bonds. The molecule has 0 saturated heterocycles. The topological polar surface area (TPSA) is 59.0 Å². The van der Waals surface area contributed by atoms with Crippen LogP contribution in [-0.2, 0) is 18.3 Å². The summed E-state index contributed by atoms with van der Waals surface area (Å²) >= 11 is 0. The van der Waals surface area contributed by atoms with E-state index >= 15 is 0 Å². The number of amides is 1. The van der Waals surface area contributed by atoms with Gasteiger partial charge in [0, 0.05) is 25.4 Å². The number of hydrogen-bond acceptors (Lipinski definition) is 3. The number of aryl methyl sites for hydroxylation is 1. The number of halogens is 2. The molecular formula is C15H20ClFN4O. The van der Waals surface area contributed by atoms with Gasteiger partial charge in [0.1, 0.15) is 11.9 Å². The first-order valence-electron chi connectivity index (χ1n) is 6.78. The summed E-state index contributed by atoms with van der Waals surface area (Å²) in [4.78, 5) is 12.2. The van der Waals surface area contributed by atoms with Gasteiger partial charge in [-0.25, -0.2) is 4.39 Å². The smallest absolute Gasteiger partial charge is 0.241 e. The molecule has 0 aliphatic heterocycles. The molecule has 1 aromatic heterocycles. The Morgan fingerprint density at radius 1 is 1.45 bits per heavy atom. The third kappa shape index (κ3) is 4.82. The third-order valence-corrected chi connectivity index (χ3v) is 3.21. The molecule has 0 aliphatic carbocycles. The molecule has 2 rings (SSSR count). The van der Waals surface area contributed by atoms with Crippen molar-refractivity contribution in [1.29, 1.82) is 0 Å². The molecule has 1 atom stereocenters. The Labute approximate surface area is 135 Å². The Kier molecular flexibility index (Phi) is 7.01. The molecule has 120 valence electrons. The van der Waals surface area contributed by atoms with Crippen LogP contribution >= 0.6 is 12.4 Å². The normalized spacial score (nSPS) is 11.6. The van der Waals surface area contributed by atoms with Gasteiger partial charge in [-0.3, -0.25) is 9.48 Å². The molecule has 0 spiro atoms. The predicted molar refractivity (Wildman–Crippen MR) is 85.4 cm³/mol. The summed E-state index contributed by atoms with van der Waals surface area (Å²) in [6.07, 6.45) is 4.05. The van der Waals surface area contributed by atoms with E-state index in [-0.39, 0.29) is 24.1 Å². The molecule has 0 aliphatic rings. The van der Waals surface area contributed by atoms with Gasteiger partial charge in [-0.1, -0.05) is 12.1 Å². The van der Waals surface area contributed by atoms with Gasteiger partial charge in [0.15, 0.2) is 0 Å². The van der Waals surface area contributed by atoms with E-state index in [0.717, 1.165) is 11.1 Å². The number of carbonyl (C=O) groups excluding carboxylic acids is 1. The fourth-order valence-corrected chi connectivity index (χ4v) is 2.16. The van der Waals surface area contributed by atoms with Gasteiger partial charge >= 0.3 is 0 Å². The fourth-order valence-electron chi connectivity index (χ4n) is 2.16. The van der Waals surface area contributed by atoms with Crippen molar-refractivity contribution in [2.75, 3.05) is 13.6 Å². The van der Waals surface area contributed by atoms with Gasteiger partial charge in [-0.05, 0) is 31.2 Å². The van der Waals surface area contributed by atoms with Gasteiger partial charge in [-0.2, -0.15) is 5.10 Å². The van der Waals surface area contributed by atoms with Gasteiger partial charge in [-0.15, -0.1) is 12.4 Å². The van der Waals surface area contributed by atoms with Crippen LogP contribution in [0.5, 0.6) is 0 Å². The van der Waals surface area contributed by atoms with Crippen molar-refractivity contribution in [3.05, 3.63) is 53.6 Å². The largest absolute Gasteiger partial charge is 0.354 e. The molecule has 22 heavy (non-hydrogen) atoms. The Morgan fingerprint density at radius 2 is 2.23 bits per heavy atom. The minimum Gasteiger partial charge on any atom is -0.354 e. The molecule has 1 aromatic carbocycles. The van der Waals surface area contributed by atoms with Crippen LogP contribution in [0.15, 0.2) is 36.7 Å². The van der Waals surface area contributed by atoms with Crippen LogP contribution in [0.2, 0.25) is 0 Å². The zero-order valence-corrected chi connectivity index (χ0v) is 13.4. The highest BCUT2D eigenvalue weighted by Crippen LogP contribution is 2.11. The van der Waals surface area contributed by atoms with Crippen LogP contribution in [0.25, 0.3) is 0 Å². The van der Waals surface area contributed by atoms with Gasteiger partial charge in [0.2, 0.25) is 5.91 Å². The summed E-state index contributed by atoms with van der Waals surface area (Å²) in [6, 6.07) is 5.95. The first kappa shape index (κ1) is 18.1. The number of carbonyl (C=O) groups is 1. The lowest BCUT2D eigenvalue weighted by molar-refractivity contribution is -0.123. The summed E-state index contributed by atoms with van der Waals surface area (Å²) in [5.74, 6) is -0.385. The van der Waals surface area contributed by atoms with E-state index in [0.29, 0.717) is 13.0 Å². The van der Waals surface area contributed by atoms with Crippen molar-refractivity contribution in [2.45, 2.75) is 12.5 Å². The van der Waals surface area contributed by atoms with E-state index in [1.807, 2.05) is 6.07 Å². The van der Waals surface area contributed by atoms with Crippen molar-refractivity contribution >= 4 is 18.3 Å². The predicted octanol–water partition coefficient (Wildman–Crippen LogP) is 1.60. The SMILES string of the molecule is CNC(C(=O)NCCc1cccc(F)c1)c1cnn(C)c1.Cl. The number of hydrogen-bond donors (Lipinski definition) is 2. The molecule has 0 saturated carbocycles. The molecule has 1 heterocycles. The van der Waals surface area contributed by atoms with Crippen molar-refractivity contribution in [2.24, 2.45) is 7.05 Å². The first-order valence-corrected chi connectivity index (χ1v) is 6.78. The molecule has 2 N–H and O–H groups in total. The molecule has 1 unspecified atom stereocenters. The van der Waals surface area contributed by atoms with Crippen LogP contribution in [0.1, 0.15) is 17.2 Å². The maximum atomic E-state index is 13.1. The summed E-state index contributed by atoms with van der Waals surface area (Å²) in [7, 11) is 3.53. The number of benzene rings is 1. The van der Waals surface area contributed by atoms with Crippen molar-refractivity contribution in [3.63, 3.8) is 0 Å². The van der Waals surface area contributed by atoms with Crippen LogP contribution in [0.4, 0.5) is 4.39 Å². The zero-order chi connectivity index (χ0) is 15.2. The van der Waals surface area contributed by atoms with E-state index in [2.05, 4.69) is 15.7 Å². The number of aromatic nitrogens is 2. The summed E-state index contributed by atoms with van der Waals surface area (Å²) in [6.45, 7) is 0.459. The molecular weight excluding hydrogens is 307 g/mol. The monoisotopic (exact) mass is 326 g/mol. The summed E-state index contributed by atoms with van der Waals surface area (Å²) < 4.78 is 14.7. The molecule has 7 heteroatoms. The zero-order valence-electron chi connectivity index (χ0n) is 12.5. The Bertz CT molecular complexity index is 617. The van der Waals surface area contributed by atoms with E-state index in [1.54, 1.807) is 37.2 Å². The van der Waals surface area contributed by atoms with E-state index in [1.165, 1.54) is 12.1 Å². The van der Waals surface area contributed by atoms with Crippen LogP contribution in [0, 0.1) is 5.82 Å². The van der Waals surface area contributed by atoms with Gasteiger partial charge in [0.25, 0.3) is 0 Å². The van der Waals surface area contributed by atoms with Crippen LogP contribution < -0.4 is 10.6 Å². The molecule has 5 nitrogen and oxygen atoms in total. The maximum absolute atomic E-state index is 13.1. The minimum absolute atomic E-state index is 0. The minimum atomic E-state index is -0.439. The van der Waals surface area contributed by atoms with Crippen LogP contribution in [0.3, 0.4) is 0 Å². The Hall–Kier alpha value is -1.92. The Morgan fingerprint density at radius 3 is 2.82 bits per heavy atom. The molecule has 0 bridgehead atoms. The fraction of sp³-hybridized carbons (Fsp3) is 0.333. The lowest BCUT2D eigenvalue weighted by Crippen LogP contribution is -2.36. The highest BCUT2D eigenvalue weighted by atomic mass is 35.5.